The molecular weight excluding hydrogens is 444 g/mol. The first-order chi connectivity index (χ1) is 16.1. The number of para-hydroxylation sites is 2. The number of hydrogen-bond donors (Lipinski definition) is 1. The zero-order chi connectivity index (χ0) is 22.8. The summed E-state index contributed by atoms with van der Waals surface area (Å²) in [6.45, 7) is 0. The number of benzene rings is 3. The largest absolute Gasteiger partial charge is 0.441 e. The minimum Gasteiger partial charge on any atom is -0.441 e. The highest BCUT2D eigenvalue weighted by Gasteiger charge is 2.17. The number of oxazole rings is 1. The van der Waals surface area contributed by atoms with E-state index in [1.165, 1.54) is 12.3 Å². The lowest BCUT2D eigenvalue weighted by atomic mass is 10.1. The summed E-state index contributed by atoms with van der Waals surface area (Å²) in [6, 6.07) is 18.9. The average molecular weight is 461 g/mol. The lowest BCUT2D eigenvalue weighted by molar-refractivity contribution is -0.116. The van der Waals surface area contributed by atoms with E-state index in [0.29, 0.717) is 5.69 Å². The van der Waals surface area contributed by atoms with Crippen LogP contribution in [0.2, 0.25) is 0 Å². The second kappa shape index (κ2) is 8.91. The first-order valence-corrected chi connectivity index (χ1v) is 11.0. The summed E-state index contributed by atoms with van der Waals surface area (Å²) in [4.78, 5) is 21.3. The van der Waals surface area contributed by atoms with Crippen LogP contribution >= 0.6 is 11.3 Å². The number of halogens is 2. The first-order valence-electron chi connectivity index (χ1n) is 10.2. The van der Waals surface area contributed by atoms with Gasteiger partial charge in [0.25, 0.3) is 0 Å². The maximum atomic E-state index is 14.0. The average Bonchev–Trinajstić information content (AvgIpc) is 3.45. The van der Waals surface area contributed by atoms with E-state index in [4.69, 9.17) is 4.42 Å². The normalized spacial score (nSPS) is 11.1. The minimum atomic E-state index is -0.734. The fourth-order valence-corrected chi connectivity index (χ4v) is 4.48. The Hall–Kier alpha value is -3.91. The molecule has 5 rings (SSSR count). The first kappa shape index (κ1) is 21.0. The molecule has 2 aromatic heterocycles. The van der Waals surface area contributed by atoms with Crippen molar-refractivity contribution in [3.05, 3.63) is 90.5 Å². The van der Waals surface area contributed by atoms with Crippen molar-refractivity contribution in [2.24, 2.45) is 0 Å². The molecular formula is C25H17F2N3O2S. The smallest absolute Gasteiger partial charge is 0.224 e. The predicted molar refractivity (Wildman–Crippen MR) is 124 cm³/mol. The van der Waals surface area contributed by atoms with E-state index in [-0.39, 0.29) is 36.0 Å². The number of thiazole rings is 1. The van der Waals surface area contributed by atoms with Gasteiger partial charge in [-0.1, -0.05) is 30.3 Å². The van der Waals surface area contributed by atoms with Crippen LogP contribution in [0.5, 0.6) is 0 Å². The van der Waals surface area contributed by atoms with E-state index in [2.05, 4.69) is 15.3 Å². The van der Waals surface area contributed by atoms with Crippen LogP contribution in [0.25, 0.3) is 32.1 Å². The molecule has 0 atom stereocenters. The number of amides is 1. The number of aryl methyl sites for hydroxylation is 1. The van der Waals surface area contributed by atoms with Gasteiger partial charge < -0.3 is 9.73 Å². The molecule has 0 aliphatic carbocycles. The van der Waals surface area contributed by atoms with Crippen molar-refractivity contribution in [2.75, 3.05) is 5.32 Å². The molecule has 0 bridgehead atoms. The van der Waals surface area contributed by atoms with Gasteiger partial charge in [-0.05, 0) is 36.4 Å². The monoisotopic (exact) mass is 461 g/mol. The number of carbonyl (C=O) groups is 1. The third-order valence-corrected chi connectivity index (χ3v) is 6.12. The molecule has 2 heterocycles. The summed E-state index contributed by atoms with van der Waals surface area (Å²) in [6.07, 6.45) is 1.54. The van der Waals surface area contributed by atoms with Crippen LogP contribution in [0.1, 0.15) is 12.3 Å². The fraction of sp³-hybridized carbons (Fsp3) is 0.0800. The standard InChI is InChI=1S/C25H17F2N3O2S/c26-16-7-5-8-17(27)24(16)20-14-28-23(32-20)13-12-22(31)29-18-9-2-1-6-15(18)25-30-19-10-3-4-11-21(19)33-25/h1-11,14H,12-13H2,(H,29,31). The summed E-state index contributed by atoms with van der Waals surface area (Å²) in [5, 5.41) is 3.73. The summed E-state index contributed by atoms with van der Waals surface area (Å²) in [5.41, 5.74) is 2.12. The Morgan fingerprint density at radius 2 is 1.73 bits per heavy atom. The molecule has 0 aliphatic heterocycles. The van der Waals surface area contributed by atoms with Gasteiger partial charge in [0.05, 0.1) is 27.7 Å². The fourth-order valence-electron chi connectivity index (χ4n) is 3.47. The number of rotatable bonds is 6. The molecule has 5 nitrogen and oxygen atoms in total. The van der Waals surface area contributed by atoms with Crippen molar-refractivity contribution in [3.63, 3.8) is 0 Å². The summed E-state index contributed by atoms with van der Waals surface area (Å²) in [7, 11) is 0. The summed E-state index contributed by atoms with van der Waals surface area (Å²) >= 11 is 1.56. The van der Waals surface area contributed by atoms with E-state index in [1.807, 2.05) is 48.5 Å². The van der Waals surface area contributed by atoms with E-state index >= 15 is 0 Å². The van der Waals surface area contributed by atoms with E-state index < -0.39 is 11.6 Å². The molecule has 5 aromatic rings. The van der Waals surface area contributed by atoms with Crippen LogP contribution in [0.4, 0.5) is 14.5 Å². The molecule has 0 unspecified atom stereocenters. The molecule has 164 valence electrons. The minimum absolute atomic E-state index is 0.0119. The highest BCUT2D eigenvalue weighted by molar-refractivity contribution is 7.21. The second-order valence-electron chi connectivity index (χ2n) is 7.30. The molecule has 0 saturated heterocycles. The lowest BCUT2D eigenvalue weighted by Crippen LogP contribution is -2.13. The third kappa shape index (κ3) is 4.38. The van der Waals surface area contributed by atoms with Gasteiger partial charge in [-0.2, -0.15) is 0 Å². The summed E-state index contributed by atoms with van der Waals surface area (Å²) < 4.78 is 34.5. The van der Waals surface area contributed by atoms with Crippen LogP contribution < -0.4 is 5.32 Å². The Morgan fingerprint density at radius 3 is 2.55 bits per heavy atom. The van der Waals surface area contributed by atoms with Gasteiger partial charge in [0, 0.05) is 18.4 Å². The van der Waals surface area contributed by atoms with Gasteiger partial charge in [-0.3, -0.25) is 4.79 Å². The second-order valence-corrected chi connectivity index (χ2v) is 8.33. The van der Waals surface area contributed by atoms with Crippen LogP contribution in [-0.4, -0.2) is 15.9 Å². The van der Waals surface area contributed by atoms with Crippen molar-refractivity contribution in [3.8, 4) is 21.9 Å². The number of nitrogens with zero attached hydrogens (tertiary/aromatic N) is 2. The molecule has 1 N–H and O–H groups in total. The van der Waals surface area contributed by atoms with Gasteiger partial charge in [0.2, 0.25) is 5.91 Å². The van der Waals surface area contributed by atoms with Gasteiger partial charge in [0.15, 0.2) is 11.7 Å². The van der Waals surface area contributed by atoms with E-state index in [9.17, 15) is 13.6 Å². The lowest BCUT2D eigenvalue weighted by Gasteiger charge is -2.09. The highest BCUT2D eigenvalue weighted by Crippen LogP contribution is 2.34. The Labute approximate surface area is 191 Å². The van der Waals surface area contributed by atoms with Gasteiger partial charge in [-0.25, -0.2) is 18.7 Å². The number of anilines is 1. The Balaban J connectivity index is 1.29. The number of fused-ring (bicyclic) bond motifs is 1. The highest BCUT2D eigenvalue weighted by atomic mass is 32.1. The molecule has 0 aliphatic rings. The Kier molecular flexibility index (Phi) is 5.66. The molecule has 0 fully saturated rings. The molecule has 33 heavy (non-hydrogen) atoms. The zero-order valence-corrected chi connectivity index (χ0v) is 18.0. The van der Waals surface area contributed by atoms with Crippen LogP contribution in [0.3, 0.4) is 0 Å². The van der Waals surface area contributed by atoms with Crippen molar-refractivity contribution in [1.29, 1.82) is 0 Å². The maximum Gasteiger partial charge on any atom is 0.224 e. The van der Waals surface area contributed by atoms with Gasteiger partial charge in [0.1, 0.15) is 16.6 Å². The number of aromatic nitrogens is 2. The third-order valence-electron chi connectivity index (χ3n) is 5.05. The molecule has 8 heteroatoms. The molecule has 0 saturated carbocycles. The van der Waals surface area contributed by atoms with E-state index in [1.54, 1.807) is 11.3 Å². The van der Waals surface area contributed by atoms with Crippen molar-refractivity contribution in [1.82, 2.24) is 9.97 Å². The van der Waals surface area contributed by atoms with Crippen molar-refractivity contribution in [2.45, 2.75) is 12.8 Å². The SMILES string of the molecule is O=C(CCc1ncc(-c2c(F)cccc2F)o1)Nc1ccccc1-c1nc2ccccc2s1. The van der Waals surface area contributed by atoms with E-state index in [0.717, 1.165) is 32.9 Å². The number of carbonyl (C=O) groups excluding carboxylic acids is 1. The van der Waals surface area contributed by atoms with Gasteiger partial charge >= 0.3 is 0 Å². The molecule has 0 radical (unpaired) electrons. The maximum absolute atomic E-state index is 14.0. The molecule has 1 amide bonds. The Bertz CT molecular complexity index is 1410. The molecule has 3 aromatic carbocycles. The van der Waals surface area contributed by atoms with Crippen molar-refractivity contribution >= 4 is 33.1 Å². The Morgan fingerprint density at radius 1 is 0.970 bits per heavy atom. The van der Waals surface area contributed by atoms with Crippen molar-refractivity contribution < 1.29 is 18.0 Å². The number of hydrogen-bond acceptors (Lipinski definition) is 5. The quantitative estimate of drug-likeness (QED) is 0.315. The van der Waals surface area contributed by atoms with Crippen LogP contribution in [-0.2, 0) is 11.2 Å². The van der Waals surface area contributed by atoms with Crippen LogP contribution in [0, 0.1) is 11.6 Å². The topological polar surface area (TPSA) is 68.0 Å². The van der Waals surface area contributed by atoms with Crippen LogP contribution in [0.15, 0.2) is 77.3 Å². The predicted octanol–water partition coefficient (Wildman–Crippen LogP) is 6.47. The van der Waals surface area contributed by atoms with Gasteiger partial charge in [-0.15, -0.1) is 11.3 Å². The number of nitrogens with one attached hydrogen (secondary N) is 1. The zero-order valence-electron chi connectivity index (χ0n) is 17.2. The summed E-state index contributed by atoms with van der Waals surface area (Å²) in [5.74, 6) is -1.49. The molecule has 0 spiro atoms.